The molecule has 2 rings (SSSR count). The molecule has 3 heteroatoms. The van der Waals surface area contributed by atoms with Gasteiger partial charge in [-0.05, 0) is 32.2 Å². The van der Waals surface area contributed by atoms with Gasteiger partial charge in [-0.25, -0.2) is 0 Å². The van der Waals surface area contributed by atoms with Crippen molar-refractivity contribution in [1.29, 1.82) is 0 Å². The third kappa shape index (κ3) is 3.16. The Morgan fingerprint density at radius 2 is 2.27 bits per heavy atom. The summed E-state index contributed by atoms with van der Waals surface area (Å²) in [5.41, 5.74) is 0. The van der Waals surface area contributed by atoms with Crippen molar-refractivity contribution in [2.45, 2.75) is 44.8 Å². The molecule has 1 N–H and O–H groups in total. The lowest BCUT2D eigenvalue weighted by molar-refractivity contribution is -0.0163. The topological polar surface area (TPSA) is 30.5 Å². The smallest absolute Gasteiger partial charge is 0.0626 e. The summed E-state index contributed by atoms with van der Waals surface area (Å²) in [6.07, 6.45) is 5.61. The second-order valence-corrected chi connectivity index (χ2v) is 4.67. The van der Waals surface area contributed by atoms with Gasteiger partial charge in [0.05, 0.1) is 19.3 Å². The highest BCUT2D eigenvalue weighted by atomic mass is 16.5. The number of ether oxygens (including phenoxy) is 2. The van der Waals surface area contributed by atoms with Crippen LogP contribution in [-0.2, 0) is 9.47 Å². The summed E-state index contributed by atoms with van der Waals surface area (Å²) in [5.74, 6) is 0.657. The van der Waals surface area contributed by atoms with Crippen molar-refractivity contribution in [3.05, 3.63) is 0 Å². The first-order valence-electron chi connectivity index (χ1n) is 6.33. The van der Waals surface area contributed by atoms with E-state index in [-0.39, 0.29) is 0 Å². The molecule has 0 radical (unpaired) electrons. The van der Waals surface area contributed by atoms with Crippen molar-refractivity contribution >= 4 is 0 Å². The first-order valence-corrected chi connectivity index (χ1v) is 6.33. The van der Waals surface area contributed by atoms with Crippen molar-refractivity contribution in [3.63, 3.8) is 0 Å². The van der Waals surface area contributed by atoms with E-state index < -0.39 is 0 Å². The maximum Gasteiger partial charge on any atom is 0.0626 e. The van der Waals surface area contributed by atoms with Crippen molar-refractivity contribution in [3.8, 4) is 0 Å². The average Bonchev–Trinajstić information content (AvgIpc) is 2.66. The van der Waals surface area contributed by atoms with Crippen LogP contribution in [-0.4, -0.2) is 38.5 Å². The summed E-state index contributed by atoms with van der Waals surface area (Å²) < 4.78 is 11.3. The minimum atomic E-state index is 0.498. The number of likely N-dealkylation sites (N-methyl/N-ethyl adjacent to an activating group) is 1. The summed E-state index contributed by atoms with van der Waals surface area (Å²) >= 11 is 0. The van der Waals surface area contributed by atoms with Crippen molar-refractivity contribution in [2.75, 3.05) is 26.4 Å². The molecule has 2 unspecified atom stereocenters. The summed E-state index contributed by atoms with van der Waals surface area (Å²) in [4.78, 5) is 0. The molecule has 0 amide bonds. The van der Waals surface area contributed by atoms with Gasteiger partial charge in [-0.3, -0.25) is 0 Å². The number of hydrogen-bond acceptors (Lipinski definition) is 3. The maximum absolute atomic E-state index is 5.89. The van der Waals surface area contributed by atoms with E-state index in [1.165, 1.54) is 25.7 Å². The average molecular weight is 213 g/mol. The molecule has 2 fully saturated rings. The summed E-state index contributed by atoms with van der Waals surface area (Å²) in [6, 6.07) is 0.498. The lowest BCUT2D eigenvalue weighted by Gasteiger charge is -2.30. The van der Waals surface area contributed by atoms with Crippen LogP contribution in [0.1, 0.15) is 32.6 Å². The van der Waals surface area contributed by atoms with E-state index in [0.717, 1.165) is 26.4 Å². The highest BCUT2D eigenvalue weighted by Crippen LogP contribution is 2.23. The van der Waals surface area contributed by atoms with Gasteiger partial charge in [0.1, 0.15) is 0 Å². The molecule has 2 aliphatic rings. The zero-order valence-electron chi connectivity index (χ0n) is 9.71. The Bertz CT molecular complexity index is 176. The molecule has 1 heterocycles. The number of nitrogens with one attached hydrogen (secondary N) is 1. The Hall–Kier alpha value is -0.120. The van der Waals surface area contributed by atoms with Crippen LogP contribution < -0.4 is 5.32 Å². The number of rotatable bonds is 6. The Morgan fingerprint density at radius 3 is 2.80 bits per heavy atom. The van der Waals surface area contributed by atoms with Gasteiger partial charge < -0.3 is 14.8 Å². The fourth-order valence-corrected chi connectivity index (χ4v) is 2.27. The van der Waals surface area contributed by atoms with Crippen molar-refractivity contribution in [2.24, 2.45) is 5.92 Å². The molecule has 0 aromatic heterocycles. The van der Waals surface area contributed by atoms with Crippen LogP contribution in [0.4, 0.5) is 0 Å². The molecule has 0 spiro atoms. The van der Waals surface area contributed by atoms with Gasteiger partial charge in [0.25, 0.3) is 0 Å². The quantitative estimate of drug-likeness (QED) is 0.726. The molecule has 1 saturated carbocycles. The lowest BCUT2D eigenvalue weighted by atomic mass is 9.95. The van der Waals surface area contributed by atoms with Crippen LogP contribution in [0.15, 0.2) is 0 Å². The zero-order valence-corrected chi connectivity index (χ0v) is 9.71. The molecule has 0 aromatic rings. The van der Waals surface area contributed by atoms with E-state index in [4.69, 9.17) is 9.47 Å². The molecule has 88 valence electrons. The normalized spacial score (nSPS) is 29.0. The minimum absolute atomic E-state index is 0.498. The van der Waals surface area contributed by atoms with Crippen LogP contribution in [0, 0.1) is 5.92 Å². The van der Waals surface area contributed by atoms with Crippen LogP contribution >= 0.6 is 0 Å². The van der Waals surface area contributed by atoms with Gasteiger partial charge in [0.2, 0.25) is 0 Å². The highest BCUT2D eigenvalue weighted by molar-refractivity contribution is 4.80. The summed E-state index contributed by atoms with van der Waals surface area (Å²) in [5, 5.41) is 3.52. The first kappa shape index (κ1) is 11.4. The van der Waals surface area contributed by atoms with Gasteiger partial charge in [-0.2, -0.15) is 0 Å². The monoisotopic (exact) mass is 213 g/mol. The van der Waals surface area contributed by atoms with E-state index in [2.05, 4.69) is 12.2 Å². The molecule has 1 aliphatic heterocycles. The fraction of sp³-hybridized carbons (Fsp3) is 1.00. The molecule has 1 saturated heterocycles. The summed E-state index contributed by atoms with van der Waals surface area (Å²) in [7, 11) is 0. The van der Waals surface area contributed by atoms with E-state index >= 15 is 0 Å². The van der Waals surface area contributed by atoms with Crippen LogP contribution in [0.2, 0.25) is 0 Å². The van der Waals surface area contributed by atoms with Crippen molar-refractivity contribution < 1.29 is 9.47 Å². The maximum atomic E-state index is 5.89. The second kappa shape index (κ2) is 5.83. The van der Waals surface area contributed by atoms with Crippen LogP contribution in [0.25, 0.3) is 0 Å². The van der Waals surface area contributed by atoms with Gasteiger partial charge in [-0.1, -0.05) is 6.92 Å². The predicted octanol–water partition coefficient (Wildman–Crippen LogP) is 1.57. The Kier molecular flexibility index (Phi) is 4.42. The molecule has 2 atom stereocenters. The third-order valence-corrected chi connectivity index (χ3v) is 3.56. The fourth-order valence-electron chi connectivity index (χ4n) is 2.27. The molecule has 15 heavy (non-hydrogen) atoms. The van der Waals surface area contributed by atoms with Crippen LogP contribution in [0.5, 0.6) is 0 Å². The van der Waals surface area contributed by atoms with E-state index in [1.807, 2.05) is 0 Å². The van der Waals surface area contributed by atoms with Gasteiger partial charge in [0.15, 0.2) is 0 Å². The van der Waals surface area contributed by atoms with E-state index in [0.29, 0.717) is 18.1 Å². The predicted molar refractivity (Wildman–Crippen MR) is 60.0 cm³/mol. The zero-order chi connectivity index (χ0) is 10.5. The third-order valence-electron chi connectivity index (χ3n) is 3.56. The van der Waals surface area contributed by atoms with Gasteiger partial charge >= 0.3 is 0 Å². The Balaban J connectivity index is 1.71. The standard InChI is InChI=1S/C12H23NO2/c1-2-13-12(10-6-7-14-8-10)9-15-11-4-3-5-11/h10-13H,2-9H2,1H3. The molecule has 0 aromatic carbocycles. The van der Waals surface area contributed by atoms with E-state index in [9.17, 15) is 0 Å². The molecule has 1 aliphatic carbocycles. The molecular weight excluding hydrogens is 190 g/mol. The largest absolute Gasteiger partial charge is 0.381 e. The Morgan fingerprint density at radius 1 is 1.40 bits per heavy atom. The molecule has 3 nitrogen and oxygen atoms in total. The first-order chi connectivity index (χ1) is 7.40. The second-order valence-electron chi connectivity index (χ2n) is 4.67. The number of hydrogen-bond donors (Lipinski definition) is 1. The van der Waals surface area contributed by atoms with E-state index in [1.54, 1.807) is 0 Å². The summed E-state index contributed by atoms with van der Waals surface area (Å²) in [6.45, 7) is 5.88. The SMILES string of the molecule is CCNC(COC1CCC1)C1CCOC1. The molecule has 0 bridgehead atoms. The van der Waals surface area contributed by atoms with Gasteiger partial charge in [0, 0.05) is 18.6 Å². The Labute approximate surface area is 92.5 Å². The minimum Gasteiger partial charge on any atom is -0.381 e. The van der Waals surface area contributed by atoms with Crippen LogP contribution in [0.3, 0.4) is 0 Å². The molecular formula is C12H23NO2. The van der Waals surface area contributed by atoms with Crippen molar-refractivity contribution in [1.82, 2.24) is 5.32 Å². The lowest BCUT2D eigenvalue weighted by Crippen LogP contribution is -2.42. The highest BCUT2D eigenvalue weighted by Gasteiger charge is 2.27. The van der Waals surface area contributed by atoms with Gasteiger partial charge in [-0.15, -0.1) is 0 Å².